The van der Waals surface area contributed by atoms with Crippen LogP contribution in [0.2, 0.25) is 0 Å². The first-order chi connectivity index (χ1) is 5.59. The molecule has 12 heavy (non-hydrogen) atoms. The van der Waals surface area contributed by atoms with Gasteiger partial charge in [0.05, 0.1) is 5.69 Å². The summed E-state index contributed by atoms with van der Waals surface area (Å²) in [6.45, 7) is 1.98. The second-order valence-electron chi connectivity index (χ2n) is 2.49. The van der Waals surface area contributed by atoms with Crippen LogP contribution in [-0.2, 0) is 0 Å². The molecule has 0 saturated heterocycles. The molecule has 3 nitrogen and oxygen atoms in total. The zero-order valence-electron chi connectivity index (χ0n) is 6.71. The lowest BCUT2D eigenvalue weighted by Gasteiger charge is -1.99. The summed E-state index contributed by atoms with van der Waals surface area (Å²) in [5.74, 6) is 0.0706. The molecular formula is C8H10BrN3. The maximum atomic E-state index is 5.25. The van der Waals surface area contributed by atoms with Gasteiger partial charge < -0.3 is 11.5 Å². The molecule has 0 fully saturated rings. The van der Waals surface area contributed by atoms with Crippen molar-refractivity contribution in [3.05, 3.63) is 28.2 Å². The zero-order chi connectivity index (χ0) is 9.14. The maximum absolute atomic E-state index is 5.25. The van der Waals surface area contributed by atoms with Gasteiger partial charge in [0.25, 0.3) is 0 Å². The minimum Gasteiger partial charge on any atom is -0.370 e. The number of rotatable bonds is 1. The average Bonchev–Trinajstić information content (AvgIpc) is 1.96. The van der Waals surface area contributed by atoms with Crippen molar-refractivity contribution in [2.75, 3.05) is 0 Å². The first kappa shape index (κ1) is 9.06. The van der Waals surface area contributed by atoms with Crippen LogP contribution in [0, 0.1) is 6.92 Å². The molecule has 0 aromatic heterocycles. The summed E-state index contributed by atoms with van der Waals surface area (Å²) in [5, 5.41) is 0. The van der Waals surface area contributed by atoms with Crippen LogP contribution in [0.5, 0.6) is 0 Å². The Morgan fingerprint density at radius 1 is 1.42 bits per heavy atom. The highest BCUT2D eigenvalue weighted by molar-refractivity contribution is 9.10. The largest absolute Gasteiger partial charge is 0.370 e. The zero-order valence-corrected chi connectivity index (χ0v) is 8.30. The van der Waals surface area contributed by atoms with E-state index in [1.54, 1.807) is 0 Å². The predicted octanol–water partition coefficient (Wildman–Crippen LogP) is 1.66. The maximum Gasteiger partial charge on any atom is 0.191 e. The van der Waals surface area contributed by atoms with Crippen LogP contribution in [-0.4, -0.2) is 5.96 Å². The Bertz CT molecular complexity index is 316. The van der Waals surface area contributed by atoms with Crippen LogP contribution in [0.15, 0.2) is 27.7 Å². The third-order valence-electron chi connectivity index (χ3n) is 1.35. The van der Waals surface area contributed by atoms with Crippen LogP contribution >= 0.6 is 15.9 Å². The third-order valence-corrected chi connectivity index (χ3v) is 2.02. The summed E-state index contributed by atoms with van der Waals surface area (Å²) >= 11 is 3.34. The first-order valence-electron chi connectivity index (χ1n) is 3.45. The minimum atomic E-state index is 0.0706. The van der Waals surface area contributed by atoms with E-state index in [2.05, 4.69) is 20.9 Å². The summed E-state index contributed by atoms with van der Waals surface area (Å²) in [4.78, 5) is 3.95. The number of aryl methyl sites for hydroxylation is 1. The fraction of sp³-hybridized carbons (Fsp3) is 0.125. The van der Waals surface area contributed by atoms with E-state index in [1.165, 1.54) is 0 Å². The number of aliphatic imine (C=N–C) groups is 1. The molecule has 4 heteroatoms. The molecule has 0 spiro atoms. The van der Waals surface area contributed by atoms with Crippen LogP contribution in [0.25, 0.3) is 0 Å². The topological polar surface area (TPSA) is 64.4 Å². The van der Waals surface area contributed by atoms with Gasteiger partial charge in [0.15, 0.2) is 5.96 Å². The lowest BCUT2D eigenvalue weighted by molar-refractivity contribution is 1.37. The highest BCUT2D eigenvalue weighted by Crippen LogP contribution is 2.25. The van der Waals surface area contributed by atoms with Crippen molar-refractivity contribution in [2.45, 2.75) is 6.92 Å². The molecule has 0 atom stereocenters. The molecule has 0 aliphatic heterocycles. The number of nitrogens with zero attached hydrogens (tertiary/aromatic N) is 1. The second-order valence-corrected chi connectivity index (χ2v) is 3.35. The molecule has 1 aromatic carbocycles. The Hall–Kier alpha value is -1.03. The Morgan fingerprint density at radius 2 is 2.08 bits per heavy atom. The molecule has 0 unspecified atom stereocenters. The number of hydrogen-bond donors (Lipinski definition) is 2. The van der Waals surface area contributed by atoms with Gasteiger partial charge in [0.1, 0.15) is 0 Å². The Morgan fingerprint density at radius 3 is 2.67 bits per heavy atom. The molecule has 1 rings (SSSR count). The van der Waals surface area contributed by atoms with E-state index in [4.69, 9.17) is 11.5 Å². The van der Waals surface area contributed by atoms with Crippen molar-refractivity contribution in [2.24, 2.45) is 16.5 Å². The standard InChI is InChI=1S/C8H10BrN3/c1-5-2-3-6(9)7(4-5)12-8(10)11/h2-4H,1H3,(H4,10,11,12). The number of nitrogens with two attached hydrogens (primary N) is 2. The summed E-state index contributed by atoms with van der Waals surface area (Å²) in [7, 11) is 0. The Labute approximate surface area is 79.6 Å². The lowest BCUT2D eigenvalue weighted by atomic mass is 10.2. The van der Waals surface area contributed by atoms with Crippen LogP contribution in [0.1, 0.15) is 5.56 Å². The van der Waals surface area contributed by atoms with Crippen molar-refractivity contribution in [3.63, 3.8) is 0 Å². The van der Waals surface area contributed by atoms with Gasteiger partial charge in [-0.15, -0.1) is 0 Å². The molecule has 64 valence electrons. The molecule has 0 aliphatic carbocycles. The lowest BCUT2D eigenvalue weighted by Crippen LogP contribution is -2.21. The Balaban J connectivity index is 3.14. The van der Waals surface area contributed by atoms with E-state index < -0.39 is 0 Å². The van der Waals surface area contributed by atoms with Gasteiger partial charge >= 0.3 is 0 Å². The molecule has 1 aromatic rings. The van der Waals surface area contributed by atoms with Gasteiger partial charge in [-0.1, -0.05) is 6.07 Å². The molecular weight excluding hydrogens is 218 g/mol. The van der Waals surface area contributed by atoms with E-state index in [0.717, 1.165) is 15.7 Å². The smallest absolute Gasteiger partial charge is 0.191 e. The molecule has 4 N–H and O–H groups in total. The molecule has 0 heterocycles. The average molecular weight is 228 g/mol. The van der Waals surface area contributed by atoms with Crippen molar-refractivity contribution in [1.82, 2.24) is 0 Å². The van der Waals surface area contributed by atoms with E-state index in [9.17, 15) is 0 Å². The minimum absolute atomic E-state index is 0.0706. The van der Waals surface area contributed by atoms with Crippen molar-refractivity contribution in [3.8, 4) is 0 Å². The summed E-state index contributed by atoms with van der Waals surface area (Å²) in [6.07, 6.45) is 0. The third kappa shape index (κ3) is 2.23. The second kappa shape index (κ2) is 3.58. The van der Waals surface area contributed by atoms with Crippen LogP contribution in [0.3, 0.4) is 0 Å². The van der Waals surface area contributed by atoms with Gasteiger partial charge in [-0.25, -0.2) is 4.99 Å². The normalized spacial score (nSPS) is 9.50. The fourth-order valence-electron chi connectivity index (χ4n) is 0.847. The van der Waals surface area contributed by atoms with Crippen molar-refractivity contribution < 1.29 is 0 Å². The Kier molecular flexibility index (Phi) is 2.70. The molecule has 0 aliphatic rings. The molecule has 0 amide bonds. The quantitative estimate of drug-likeness (QED) is 0.567. The van der Waals surface area contributed by atoms with E-state index in [-0.39, 0.29) is 5.96 Å². The molecule has 0 bridgehead atoms. The molecule has 0 saturated carbocycles. The SMILES string of the molecule is Cc1ccc(Br)c(N=C(N)N)c1. The number of guanidine groups is 1. The van der Waals surface area contributed by atoms with Crippen LogP contribution in [0.4, 0.5) is 5.69 Å². The predicted molar refractivity (Wildman–Crippen MR) is 54.3 cm³/mol. The number of benzene rings is 1. The van der Waals surface area contributed by atoms with Crippen molar-refractivity contribution in [1.29, 1.82) is 0 Å². The van der Waals surface area contributed by atoms with Crippen LogP contribution < -0.4 is 11.5 Å². The van der Waals surface area contributed by atoms with Gasteiger partial charge in [-0.05, 0) is 40.5 Å². The first-order valence-corrected chi connectivity index (χ1v) is 4.24. The van der Waals surface area contributed by atoms with Gasteiger partial charge in [0, 0.05) is 4.47 Å². The molecule has 0 radical (unpaired) electrons. The van der Waals surface area contributed by atoms with Gasteiger partial charge in [0.2, 0.25) is 0 Å². The van der Waals surface area contributed by atoms with Gasteiger partial charge in [-0.2, -0.15) is 0 Å². The van der Waals surface area contributed by atoms with Crippen molar-refractivity contribution >= 4 is 27.6 Å². The number of halogens is 1. The summed E-state index contributed by atoms with van der Waals surface area (Å²) < 4.78 is 0.890. The van der Waals surface area contributed by atoms with Gasteiger partial charge in [-0.3, -0.25) is 0 Å². The highest BCUT2D eigenvalue weighted by Gasteiger charge is 1.97. The van der Waals surface area contributed by atoms with E-state index in [1.807, 2.05) is 25.1 Å². The van der Waals surface area contributed by atoms with E-state index in [0.29, 0.717) is 0 Å². The highest BCUT2D eigenvalue weighted by atomic mass is 79.9. The monoisotopic (exact) mass is 227 g/mol. The summed E-state index contributed by atoms with van der Waals surface area (Å²) in [6, 6.07) is 5.80. The number of hydrogen-bond acceptors (Lipinski definition) is 1. The van der Waals surface area contributed by atoms with E-state index >= 15 is 0 Å². The fourth-order valence-corrected chi connectivity index (χ4v) is 1.18. The summed E-state index contributed by atoms with van der Waals surface area (Å²) in [5.41, 5.74) is 12.4.